The third kappa shape index (κ3) is 5.35. The Morgan fingerprint density at radius 2 is 1.78 bits per heavy atom. The second-order valence-electron chi connectivity index (χ2n) is 5.66. The predicted molar refractivity (Wildman–Crippen MR) is 100 cm³/mol. The van der Waals surface area contributed by atoms with Gasteiger partial charge in [0.05, 0.1) is 3.57 Å². The van der Waals surface area contributed by atoms with E-state index in [0.29, 0.717) is 3.57 Å². The van der Waals surface area contributed by atoms with Crippen molar-refractivity contribution in [1.29, 1.82) is 0 Å². The van der Waals surface area contributed by atoms with Crippen molar-refractivity contribution in [3.05, 3.63) is 24.9 Å². The van der Waals surface area contributed by atoms with Crippen molar-refractivity contribution in [2.24, 2.45) is 0 Å². The van der Waals surface area contributed by atoms with Crippen LogP contribution in [-0.2, 0) is 33.3 Å². The first-order valence-electron chi connectivity index (χ1n) is 7.74. The van der Waals surface area contributed by atoms with Crippen molar-refractivity contribution < 1.29 is 33.3 Å². The summed E-state index contributed by atoms with van der Waals surface area (Å²) in [4.78, 5) is 49.0. The molecule has 1 aromatic heterocycles. The average Bonchev–Trinajstić information content (AvgIpc) is 2.85. The summed E-state index contributed by atoms with van der Waals surface area (Å²) in [6, 6.07) is 0. The zero-order valence-electron chi connectivity index (χ0n) is 14.6. The summed E-state index contributed by atoms with van der Waals surface area (Å²) in [5.41, 5.74) is -0.600. The third-order valence-electron chi connectivity index (χ3n) is 3.54. The molecule has 12 heteroatoms. The number of ether oxygens (including phenoxy) is 4. The molecule has 0 aromatic carbocycles. The lowest BCUT2D eigenvalue weighted by Gasteiger charge is -2.24. The van der Waals surface area contributed by atoms with Crippen LogP contribution in [0.2, 0.25) is 0 Å². The number of hydrogen-bond donors (Lipinski definition) is 1. The van der Waals surface area contributed by atoms with E-state index in [1.165, 1.54) is 27.0 Å². The van der Waals surface area contributed by atoms with Crippen LogP contribution in [0.25, 0.3) is 0 Å². The maximum atomic E-state index is 12.3. The number of H-pyrrole nitrogens is 1. The van der Waals surface area contributed by atoms with E-state index in [1.54, 1.807) is 0 Å². The molecule has 0 bridgehead atoms. The molecule has 0 spiro atoms. The van der Waals surface area contributed by atoms with E-state index in [9.17, 15) is 19.2 Å². The zero-order valence-corrected chi connectivity index (χ0v) is 17.6. The fourth-order valence-corrected chi connectivity index (χ4v) is 3.14. The van der Waals surface area contributed by atoms with Gasteiger partial charge in [-0.05, 0) is 22.6 Å². The number of rotatable bonds is 5. The number of carbonyl (C=O) groups is 3. The van der Waals surface area contributed by atoms with Gasteiger partial charge in [-0.25, -0.2) is 4.79 Å². The highest BCUT2D eigenvalue weighted by atomic mass is 127. The van der Waals surface area contributed by atoms with E-state index in [2.05, 4.69) is 4.98 Å². The molecule has 10 nitrogen and oxygen atoms in total. The molecule has 0 radical (unpaired) electrons. The van der Waals surface area contributed by atoms with Crippen LogP contribution in [-0.4, -0.2) is 52.4 Å². The highest BCUT2D eigenvalue weighted by Gasteiger charge is 2.50. The first-order chi connectivity index (χ1) is 12.6. The van der Waals surface area contributed by atoms with Crippen molar-refractivity contribution in [3.63, 3.8) is 0 Å². The number of aromatic amines is 1. The molecule has 1 fully saturated rings. The Balaban J connectivity index is 2.47. The number of nitrogens with zero attached hydrogens (tertiary/aromatic N) is 1. The van der Waals surface area contributed by atoms with E-state index in [-0.39, 0.29) is 11.2 Å². The lowest BCUT2D eigenvalue weighted by Crippen LogP contribution is -2.42. The minimum Gasteiger partial charge on any atom is -0.463 e. The number of carbonyl (C=O) groups excluding carboxylic acids is 3. The van der Waals surface area contributed by atoms with E-state index in [4.69, 9.17) is 31.2 Å². The lowest BCUT2D eigenvalue weighted by atomic mass is 10.1. The molecule has 0 unspecified atom stereocenters. The van der Waals surface area contributed by atoms with Crippen LogP contribution in [0.3, 0.4) is 0 Å². The Morgan fingerprint density at radius 1 is 1.19 bits per heavy atom. The van der Waals surface area contributed by atoms with Gasteiger partial charge in [-0.1, -0.05) is 12.2 Å². The van der Waals surface area contributed by atoms with Crippen LogP contribution in [0.15, 0.2) is 11.0 Å². The van der Waals surface area contributed by atoms with Gasteiger partial charge in [0, 0.05) is 27.0 Å². The van der Waals surface area contributed by atoms with Crippen LogP contribution in [0.5, 0.6) is 0 Å². The maximum Gasteiger partial charge on any atom is 0.328 e. The molecule has 1 aliphatic rings. The van der Waals surface area contributed by atoms with Gasteiger partial charge in [0.25, 0.3) is 0 Å². The SMILES string of the molecule is CC(=O)OC[C@H]1O[C@@H](n2cc(I)c(=S)[nH]c2=O)[C@H](OC(C)=O)[C@@H]1OC(C)=O. The van der Waals surface area contributed by atoms with Crippen molar-refractivity contribution in [2.75, 3.05) is 6.61 Å². The minimum absolute atomic E-state index is 0.242. The Bertz CT molecular complexity index is 866. The van der Waals surface area contributed by atoms with Gasteiger partial charge in [0.15, 0.2) is 18.4 Å². The van der Waals surface area contributed by atoms with E-state index in [0.717, 1.165) is 4.57 Å². The molecule has 1 aromatic rings. The molecule has 4 atom stereocenters. The summed E-state index contributed by atoms with van der Waals surface area (Å²) in [5, 5.41) is 0. The normalized spacial score (nSPS) is 24.3. The first kappa shape index (κ1) is 21.5. The van der Waals surface area contributed by atoms with Crippen molar-refractivity contribution in [1.82, 2.24) is 9.55 Å². The van der Waals surface area contributed by atoms with Crippen molar-refractivity contribution in [2.45, 2.75) is 45.3 Å². The topological polar surface area (TPSA) is 126 Å². The summed E-state index contributed by atoms with van der Waals surface area (Å²) in [6.45, 7) is 3.30. The van der Waals surface area contributed by atoms with E-state index < -0.39 is 48.1 Å². The van der Waals surface area contributed by atoms with Gasteiger partial charge in [0.2, 0.25) is 0 Å². The van der Waals surface area contributed by atoms with Gasteiger partial charge < -0.3 is 18.9 Å². The number of halogens is 1. The summed E-state index contributed by atoms with van der Waals surface area (Å²) in [7, 11) is 0. The molecule has 0 saturated carbocycles. The van der Waals surface area contributed by atoms with Gasteiger partial charge in [-0.15, -0.1) is 0 Å². The fraction of sp³-hybridized carbons (Fsp3) is 0.533. The molecule has 148 valence electrons. The third-order valence-corrected chi connectivity index (χ3v) is 5.04. The maximum absolute atomic E-state index is 12.3. The van der Waals surface area contributed by atoms with Gasteiger partial charge >= 0.3 is 23.6 Å². The molecular weight excluding hydrogens is 495 g/mol. The van der Waals surface area contributed by atoms with Crippen molar-refractivity contribution >= 4 is 52.7 Å². The van der Waals surface area contributed by atoms with Crippen LogP contribution >= 0.6 is 34.8 Å². The van der Waals surface area contributed by atoms with Crippen molar-refractivity contribution in [3.8, 4) is 0 Å². The summed E-state index contributed by atoms with van der Waals surface area (Å²) < 4.78 is 23.2. The Labute approximate surface area is 172 Å². The second kappa shape index (κ2) is 8.93. The lowest BCUT2D eigenvalue weighted by molar-refractivity contribution is -0.166. The van der Waals surface area contributed by atoms with Crippen LogP contribution in [0.1, 0.15) is 27.0 Å². The quantitative estimate of drug-likeness (QED) is 0.264. The Morgan fingerprint density at radius 3 is 2.33 bits per heavy atom. The second-order valence-corrected chi connectivity index (χ2v) is 7.23. The highest BCUT2D eigenvalue weighted by molar-refractivity contribution is 14.1. The van der Waals surface area contributed by atoms with E-state index in [1.807, 2.05) is 22.6 Å². The van der Waals surface area contributed by atoms with Gasteiger partial charge in [0.1, 0.15) is 17.4 Å². The fourth-order valence-electron chi connectivity index (χ4n) is 2.57. The number of aromatic nitrogens is 2. The zero-order chi connectivity index (χ0) is 20.3. The predicted octanol–water partition coefficient (Wildman–Crippen LogP) is 0.834. The average molecular weight is 512 g/mol. The first-order valence-corrected chi connectivity index (χ1v) is 9.23. The number of hydrogen-bond acceptors (Lipinski definition) is 9. The van der Waals surface area contributed by atoms with Crippen LogP contribution < -0.4 is 5.69 Å². The minimum atomic E-state index is -1.13. The smallest absolute Gasteiger partial charge is 0.328 e. The molecule has 0 amide bonds. The molecule has 1 aliphatic heterocycles. The molecule has 1 N–H and O–H groups in total. The molecule has 2 heterocycles. The molecule has 0 aliphatic carbocycles. The monoisotopic (exact) mass is 512 g/mol. The Kier molecular flexibility index (Phi) is 7.11. The number of esters is 3. The number of nitrogens with one attached hydrogen (secondary N) is 1. The van der Waals surface area contributed by atoms with E-state index >= 15 is 0 Å². The Hall–Kier alpha value is -1.80. The summed E-state index contributed by atoms with van der Waals surface area (Å²) in [5.74, 6) is -1.88. The molecule has 1 saturated heterocycles. The molecule has 27 heavy (non-hydrogen) atoms. The van der Waals surface area contributed by atoms with Gasteiger partial charge in [-0.2, -0.15) is 0 Å². The summed E-state index contributed by atoms with van der Waals surface area (Å²) in [6.07, 6.45) is -2.85. The largest absolute Gasteiger partial charge is 0.463 e. The molecule has 2 rings (SSSR count). The van der Waals surface area contributed by atoms with Crippen LogP contribution in [0, 0.1) is 8.21 Å². The standard InChI is InChI=1S/C15H17IN2O8S/c1-6(19)23-5-10-11(24-7(2)20)12(25-8(3)21)14(26-10)18-4-9(16)13(27)17-15(18)22/h4,10-12,14H,5H2,1-3H3,(H,17,22,27)/t10-,11-,12-,14-/m1/s1. The summed E-state index contributed by atoms with van der Waals surface area (Å²) >= 11 is 6.95. The van der Waals surface area contributed by atoms with Gasteiger partial charge in [-0.3, -0.25) is 23.9 Å². The highest BCUT2D eigenvalue weighted by Crippen LogP contribution is 2.33. The molecular formula is C15H17IN2O8S. The van der Waals surface area contributed by atoms with Crippen LogP contribution in [0.4, 0.5) is 0 Å².